The number of hydrogen-bond donors (Lipinski definition) is 2. The molecule has 1 aromatic carbocycles. The molecule has 110 valence electrons. The Morgan fingerprint density at radius 1 is 1.43 bits per heavy atom. The van der Waals surface area contributed by atoms with Gasteiger partial charge in [0, 0.05) is 11.4 Å². The molecule has 2 rings (SSSR count). The number of halogens is 1. The third kappa shape index (κ3) is 4.44. The van der Waals surface area contributed by atoms with Crippen molar-refractivity contribution in [1.29, 1.82) is 0 Å². The molecule has 1 aromatic heterocycles. The molecule has 0 fully saturated rings. The number of benzene rings is 1. The van der Waals surface area contributed by atoms with Crippen LogP contribution in [0.5, 0.6) is 0 Å². The highest BCUT2D eigenvalue weighted by atomic mass is 35.5. The summed E-state index contributed by atoms with van der Waals surface area (Å²) in [7, 11) is -3.72. The minimum Gasteiger partial charge on any atom is -0.395 e. The smallest absolute Gasteiger partial charge is 0.263 e. The van der Waals surface area contributed by atoms with Crippen molar-refractivity contribution in [2.75, 3.05) is 11.3 Å². The molecule has 8 heteroatoms. The van der Waals surface area contributed by atoms with Gasteiger partial charge in [-0.25, -0.2) is 13.4 Å². The summed E-state index contributed by atoms with van der Waals surface area (Å²) in [6.45, 7) is -0.0138. The van der Waals surface area contributed by atoms with Gasteiger partial charge in [-0.15, -0.1) is 0 Å². The molecule has 1 heterocycles. The van der Waals surface area contributed by atoms with E-state index in [-0.39, 0.29) is 16.6 Å². The number of aliphatic hydroxyl groups is 1. The van der Waals surface area contributed by atoms with Gasteiger partial charge in [0.05, 0.1) is 22.6 Å². The predicted octanol–water partition coefficient (Wildman–Crippen LogP) is 2.33. The molecule has 0 amide bonds. The van der Waals surface area contributed by atoms with E-state index in [0.717, 1.165) is 11.3 Å². The van der Waals surface area contributed by atoms with Crippen molar-refractivity contribution < 1.29 is 13.5 Å². The number of nitrogens with zero attached hydrogens (tertiary/aromatic N) is 1. The van der Waals surface area contributed by atoms with Crippen molar-refractivity contribution in [3.8, 4) is 11.8 Å². The van der Waals surface area contributed by atoms with Crippen LogP contribution in [-0.2, 0) is 10.0 Å². The van der Waals surface area contributed by atoms with Crippen molar-refractivity contribution in [2.24, 2.45) is 0 Å². The summed E-state index contributed by atoms with van der Waals surface area (Å²) in [6, 6.07) is 5.96. The Hall–Kier alpha value is -1.59. The Morgan fingerprint density at radius 3 is 2.95 bits per heavy atom. The van der Waals surface area contributed by atoms with Gasteiger partial charge >= 0.3 is 0 Å². The molecule has 2 N–H and O–H groups in total. The molecule has 0 atom stereocenters. The van der Waals surface area contributed by atoms with Gasteiger partial charge in [-0.3, -0.25) is 4.72 Å². The third-order valence-electron chi connectivity index (χ3n) is 2.28. The van der Waals surface area contributed by atoms with Crippen molar-refractivity contribution in [3.63, 3.8) is 0 Å². The molecule has 5 nitrogen and oxygen atoms in total. The van der Waals surface area contributed by atoms with Gasteiger partial charge in [0.15, 0.2) is 5.13 Å². The minimum atomic E-state index is -3.72. The number of rotatable bonds is 4. The molecule has 0 aliphatic rings. The van der Waals surface area contributed by atoms with Gasteiger partial charge in [-0.1, -0.05) is 40.8 Å². The van der Waals surface area contributed by atoms with Gasteiger partial charge in [0.1, 0.15) is 0 Å². The van der Waals surface area contributed by atoms with Gasteiger partial charge in [0.25, 0.3) is 10.0 Å². The Bertz CT molecular complexity index is 791. The first-order valence-corrected chi connectivity index (χ1v) is 8.53. The van der Waals surface area contributed by atoms with E-state index in [9.17, 15) is 8.42 Å². The number of hydrogen-bond acceptors (Lipinski definition) is 5. The van der Waals surface area contributed by atoms with Crippen LogP contribution in [0.4, 0.5) is 5.13 Å². The van der Waals surface area contributed by atoms with E-state index in [1.54, 1.807) is 12.1 Å². The monoisotopic (exact) mass is 342 g/mol. The van der Waals surface area contributed by atoms with Crippen LogP contribution < -0.4 is 4.72 Å². The molecule has 0 radical (unpaired) electrons. The third-order valence-corrected chi connectivity index (χ3v) is 4.81. The van der Waals surface area contributed by atoms with Gasteiger partial charge < -0.3 is 5.11 Å². The van der Waals surface area contributed by atoms with Crippen LogP contribution in [0.3, 0.4) is 0 Å². The Morgan fingerprint density at radius 2 is 2.24 bits per heavy atom. The van der Waals surface area contributed by atoms with Crippen LogP contribution in [0.25, 0.3) is 0 Å². The number of aromatic nitrogens is 1. The maximum atomic E-state index is 12.2. The largest absolute Gasteiger partial charge is 0.395 e. The number of sulfonamides is 1. The highest BCUT2D eigenvalue weighted by molar-refractivity contribution is 7.93. The van der Waals surface area contributed by atoms with Crippen LogP contribution in [0.15, 0.2) is 35.4 Å². The number of nitrogens with one attached hydrogen (secondary N) is 1. The highest BCUT2D eigenvalue weighted by Gasteiger charge is 2.16. The van der Waals surface area contributed by atoms with Crippen LogP contribution >= 0.6 is 22.9 Å². The Kier molecular flexibility index (Phi) is 5.20. The van der Waals surface area contributed by atoms with Crippen molar-refractivity contribution >= 4 is 38.1 Å². The quantitative estimate of drug-likeness (QED) is 0.836. The lowest BCUT2D eigenvalue weighted by atomic mass is 10.4. The summed E-state index contributed by atoms with van der Waals surface area (Å²) in [6.07, 6.45) is 1.84. The lowest BCUT2D eigenvalue weighted by Gasteiger charge is -2.04. The zero-order valence-electron chi connectivity index (χ0n) is 10.7. The molecule has 0 aliphatic carbocycles. The van der Waals surface area contributed by atoms with Crippen molar-refractivity contribution in [3.05, 3.63) is 40.4 Å². The van der Waals surface area contributed by atoms with Crippen molar-refractivity contribution in [2.45, 2.75) is 11.3 Å². The fourth-order valence-electron chi connectivity index (χ4n) is 1.39. The molecular weight excluding hydrogens is 332 g/mol. The van der Waals surface area contributed by atoms with E-state index in [4.69, 9.17) is 16.7 Å². The summed E-state index contributed by atoms with van der Waals surface area (Å²) in [5.41, 5.74) is 0. The fourth-order valence-corrected chi connectivity index (χ4v) is 3.63. The molecule has 2 aromatic rings. The van der Waals surface area contributed by atoms with Crippen LogP contribution in [-0.4, -0.2) is 25.1 Å². The van der Waals surface area contributed by atoms with Crippen molar-refractivity contribution in [1.82, 2.24) is 4.98 Å². The Balaban J connectivity index is 2.16. The van der Waals surface area contributed by atoms with E-state index in [1.807, 2.05) is 0 Å². The van der Waals surface area contributed by atoms with E-state index >= 15 is 0 Å². The first kappa shape index (κ1) is 15.8. The molecular formula is C13H11ClN2O3S2. The Labute approximate surface area is 131 Å². The zero-order valence-corrected chi connectivity index (χ0v) is 13.1. The molecule has 0 saturated heterocycles. The maximum absolute atomic E-state index is 12.2. The van der Waals surface area contributed by atoms with E-state index in [0.29, 0.717) is 16.3 Å². The highest BCUT2D eigenvalue weighted by Crippen LogP contribution is 2.22. The number of thiazole rings is 1. The lowest BCUT2D eigenvalue weighted by Crippen LogP contribution is -2.12. The van der Waals surface area contributed by atoms with Crippen LogP contribution in [0, 0.1) is 11.8 Å². The molecule has 0 aliphatic heterocycles. The summed E-state index contributed by atoms with van der Waals surface area (Å²) in [5.74, 6) is 5.53. The molecule has 0 bridgehead atoms. The van der Waals surface area contributed by atoms with Gasteiger partial charge in [-0.05, 0) is 18.2 Å². The molecule has 0 unspecified atom stereocenters. The van der Waals surface area contributed by atoms with E-state index in [2.05, 4.69) is 21.5 Å². The summed E-state index contributed by atoms with van der Waals surface area (Å²) < 4.78 is 26.7. The first-order valence-electron chi connectivity index (χ1n) is 5.85. The lowest BCUT2D eigenvalue weighted by molar-refractivity contribution is 0.305. The minimum absolute atomic E-state index is 0.0138. The zero-order chi connectivity index (χ0) is 15.3. The fraction of sp³-hybridized carbons (Fsp3) is 0.154. The number of aliphatic hydroxyl groups excluding tert-OH is 1. The van der Waals surface area contributed by atoms with Crippen LogP contribution in [0.2, 0.25) is 5.02 Å². The summed E-state index contributed by atoms with van der Waals surface area (Å²) in [4.78, 5) is 4.64. The normalized spacial score (nSPS) is 10.8. The molecule has 21 heavy (non-hydrogen) atoms. The summed E-state index contributed by atoms with van der Waals surface area (Å²) >= 11 is 6.90. The van der Waals surface area contributed by atoms with Crippen LogP contribution in [0.1, 0.15) is 11.3 Å². The van der Waals surface area contributed by atoms with E-state index in [1.165, 1.54) is 18.3 Å². The van der Waals surface area contributed by atoms with Gasteiger partial charge in [0.2, 0.25) is 0 Å². The second kappa shape index (κ2) is 6.91. The van der Waals surface area contributed by atoms with E-state index < -0.39 is 10.0 Å². The average Bonchev–Trinajstić information content (AvgIpc) is 2.86. The van der Waals surface area contributed by atoms with Gasteiger partial charge in [-0.2, -0.15) is 0 Å². The predicted molar refractivity (Wildman–Crippen MR) is 83.0 cm³/mol. The SMILES string of the molecule is O=S(=O)(Nc1ncc(C#CCCO)s1)c1cccc(Cl)c1. The molecule has 0 spiro atoms. The average molecular weight is 343 g/mol. The second-order valence-electron chi connectivity index (χ2n) is 3.87. The topological polar surface area (TPSA) is 79.3 Å². The maximum Gasteiger partial charge on any atom is 0.263 e. The standard InChI is InChI=1S/C13H11ClN2O3S2/c14-10-4-3-6-12(8-10)21(18,19)16-13-15-9-11(20-13)5-1-2-7-17/h3-4,6,8-9,17H,2,7H2,(H,15,16). The molecule has 0 saturated carbocycles. The number of anilines is 1. The second-order valence-corrected chi connectivity index (χ2v) is 7.02. The summed E-state index contributed by atoms with van der Waals surface area (Å²) in [5, 5.41) is 9.20. The first-order chi connectivity index (χ1) is 10.0.